The first-order chi connectivity index (χ1) is 12.3. The summed E-state index contributed by atoms with van der Waals surface area (Å²) in [6.45, 7) is 3.78. The van der Waals surface area contributed by atoms with Crippen molar-refractivity contribution < 1.29 is 14.6 Å². The molecule has 1 aliphatic rings. The first kappa shape index (κ1) is 18.0. The van der Waals surface area contributed by atoms with Crippen LogP contribution in [-0.2, 0) is 6.42 Å². The molecule has 4 nitrogen and oxygen atoms in total. The summed E-state index contributed by atoms with van der Waals surface area (Å²) in [4.78, 5) is 14.4. The second kappa shape index (κ2) is 7.23. The van der Waals surface area contributed by atoms with Crippen LogP contribution in [0, 0.1) is 11.8 Å². The van der Waals surface area contributed by atoms with Crippen molar-refractivity contribution in [2.75, 3.05) is 13.6 Å². The summed E-state index contributed by atoms with van der Waals surface area (Å²) in [7, 11) is 1.78. The molecule has 0 saturated heterocycles. The fourth-order valence-electron chi connectivity index (χ4n) is 2.92. The zero-order valence-electron chi connectivity index (χ0n) is 15.3. The summed E-state index contributed by atoms with van der Waals surface area (Å²) in [5, 5.41) is 9.72. The number of benzene rings is 2. The van der Waals surface area contributed by atoms with Gasteiger partial charge in [-0.3, -0.25) is 4.79 Å². The Labute approximate surface area is 154 Å². The minimum Gasteiger partial charge on any atom is -0.488 e. The van der Waals surface area contributed by atoms with Crippen LogP contribution >= 0.6 is 0 Å². The molecule has 2 aromatic rings. The van der Waals surface area contributed by atoms with Crippen LogP contribution in [0.4, 0.5) is 0 Å². The van der Waals surface area contributed by atoms with E-state index in [1.54, 1.807) is 44.0 Å². The van der Waals surface area contributed by atoms with E-state index in [4.69, 9.17) is 4.74 Å². The molecule has 0 fully saturated rings. The monoisotopic (exact) mass is 349 g/mol. The molecular weight excluding hydrogens is 326 g/mol. The standard InChI is InChI=1S/C22H23NO3/c1-22(2,25)12-11-16-7-6-9-18(13-16)21(24)23(3)15-19-14-17-8-4-5-10-20(17)26-19/h4-10,13,19,25H,14-15H2,1-3H3. The highest BCUT2D eigenvalue weighted by Crippen LogP contribution is 2.28. The Morgan fingerprint density at radius 3 is 2.77 bits per heavy atom. The van der Waals surface area contributed by atoms with Crippen LogP contribution in [0.3, 0.4) is 0 Å². The van der Waals surface area contributed by atoms with Gasteiger partial charge >= 0.3 is 0 Å². The fourth-order valence-corrected chi connectivity index (χ4v) is 2.92. The Bertz CT molecular complexity index is 846. The summed E-state index contributed by atoms with van der Waals surface area (Å²) in [5.74, 6) is 6.50. The van der Waals surface area contributed by atoms with Gasteiger partial charge in [-0.25, -0.2) is 0 Å². The van der Waals surface area contributed by atoms with E-state index < -0.39 is 5.60 Å². The lowest BCUT2D eigenvalue weighted by atomic mass is 10.1. The van der Waals surface area contributed by atoms with Crippen molar-refractivity contribution >= 4 is 5.91 Å². The molecule has 0 bridgehead atoms. The molecule has 134 valence electrons. The highest BCUT2D eigenvalue weighted by Gasteiger charge is 2.25. The number of ether oxygens (including phenoxy) is 1. The van der Waals surface area contributed by atoms with E-state index in [-0.39, 0.29) is 12.0 Å². The van der Waals surface area contributed by atoms with Gasteiger partial charge in [-0.05, 0) is 43.7 Å². The summed E-state index contributed by atoms with van der Waals surface area (Å²) in [6.07, 6.45) is 0.782. The molecule has 0 aromatic heterocycles. The van der Waals surface area contributed by atoms with Crippen LogP contribution in [0.25, 0.3) is 0 Å². The highest BCUT2D eigenvalue weighted by atomic mass is 16.5. The highest BCUT2D eigenvalue weighted by molar-refractivity contribution is 5.94. The van der Waals surface area contributed by atoms with Gasteiger partial charge in [0.25, 0.3) is 5.91 Å². The molecule has 0 spiro atoms. The SMILES string of the molecule is CN(CC1Cc2ccccc2O1)C(=O)c1cccc(C#CC(C)(C)O)c1. The van der Waals surface area contributed by atoms with E-state index in [0.29, 0.717) is 17.7 Å². The number of amides is 1. The predicted molar refractivity (Wildman–Crippen MR) is 101 cm³/mol. The van der Waals surface area contributed by atoms with Crippen molar-refractivity contribution in [3.05, 3.63) is 65.2 Å². The lowest BCUT2D eigenvalue weighted by Gasteiger charge is -2.21. The number of hydrogen-bond donors (Lipinski definition) is 1. The Morgan fingerprint density at radius 2 is 2.04 bits per heavy atom. The van der Waals surface area contributed by atoms with Gasteiger partial charge < -0.3 is 14.7 Å². The van der Waals surface area contributed by atoms with Gasteiger partial charge in [-0.2, -0.15) is 0 Å². The largest absolute Gasteiger partial charge is 0.488 e. The maximum absolute atomic E-state index is 12.7. The minimum atomic E-state index is -1.06. The molecule has 4 heteroatoms. The van der Waals surface area contributed by atoms with E-state index in [9.17, 15) is 9.90 Å². The third kappa shape index (κ3) is 4.44. The zero-order chi connectivity index (χ0) is 18.7. The van der Waals surface area contributed by atoms with Crippen molar-refractivity contribution in [1.29, 1.82) is 0 Å². The average Bonchev–Trinajstić information content (AvgIpc) is 3.01. The van der Waals surface area contributed by atoms with Gasteiger partial charge in [0.05, 0.1) is 6.54 Å². The molecule has 1 aliphatic heterocycles. The van der Waals surface area contributed by atoms with E-state index in [0.717, 1.165) is 12.2 Å². The van der Waals surface area contributed by atoms with Crippen LogP contribution in [0.15, 0.2) is 48.5 Å². The number of hydrogen-bond acceptors (Lipinski definition) is 3. The number of nitrogens with zero attached hydrogens (tertiary/aromatic N) is 1. The molecule has 0 aliphatic carbocycles. The van der Waals surface area contributed by atoms with Gasteiger partial charge in [-0.15, -0.1) is 0 Å². The smallest absolute Gasteiger partial charge is 0.253 e. The summed E-state index contributed by atoms with van der Waals surface area (Å²) >= 11 is 0. The Morgan fingerprint density at radius 1 is 1.27 bits per heavy atom. The lowest BCUT2D eigenvalue weighted by molar-refractivity contribution is 0.0730. The van der Waals surface area contributed by atoms with Crippen LogP contribution < -0.4 is 4.74 Å². The molecule has 1 N–H and O–H groups in total. The third-order valence-electron chi connectivity index (χ3n) is 4.16. The van der Waals surface area contributed by atoms with E-state index >= 15 is 0 Å². The van der Waals surface area contributed by atoms with Crippen LogP contribution in [0.1, 0.15) is 35.3 Å². The lowest BCUT2D eigenvalue weighted by Crippen LogP contribution is -2.36. The van der Waals surface area contributed by atoms with Gasteiger partial charge in [-0.1, -0.05) is 36.1 Å². The normalized spacial score (nSPS) is 15.5. The minimum absolute atomic E-state index is 0.0282. The van der Waals surface area contributed by atoms with Gasteiger partial charge in [0.15, 0.2) is 0 Å². The molecule has 1 unspecified atom stereocenters. The quantitative estimate of drug-likeness (QED) is 0.867. The number of rotatable bonds is 3. The van der Waals surface area contributed by atoms with Crippen LogP contribution in [-0.4, -0.2) is 41.2 Å². The van der Waals surface area contributed by atoms with E-state index in [1.807, 2.05) is 24.3 Å². The molecular formula is C22H23NO3. The Kier molecular flexibility index (Phi) is 5.01. The number of aliphatic hydroxyl groups is 1. The Hall–Kier alpha value is -2.77. The topological polar surface area (TPSA) is 49.8 Å². The van der Waals surface area contributed by atoms with E-state index in [2.05, 4.69) is 17.9 Å². The summed E-state index contributed by atoms with van der Waals surface area (Å²) in [6, 6.07) is 15.1. The molecule has 0 radical (unpaired) electrons. The summed E-state index contributed by atoms with van der Waals surface area (Å²) < 4.78 is 5.92. The molecule has 1 heterocycles. The van der Waals surface area contributed by atoms with Crippen molar-refractivity contribution in [3.8, 4) is 17.6 Å². The van der Waals surface area contributed by atoms with Crippen molar-refractivity contribution in [3.63, 3.8) is 0 Å². The molecule has 3 rings (SSSR count). The molecule has 26 heavy (non-hydrogen) atoms. The summed E-state index contributed by atoms with van der Waals surface area (Å²) in [5.41, 5.74) is 1.40. The molecule has 1 atom stereocenters. The maximum atomic E-state index is 12.7. The van der Waals surface area contributed by atoms with Gasteiger partial charge in [0.2, 0.25) is 0 Å². The zero-order valence-corrected chi connectivity index (χ0v) is 15.3. The molecule has 0 saturated carbocycles. The second-order valence-corrected chi connectivity index (χ2v) is 7.13. The average molecular weight is 349 g/mol. The van der Waals surface area contributed by atoms with E-state index in [1.165, 1.54) is 5.56 Å². The fraction of sp³-hybridized carbons (Fsp3) is 0.318. The molecule has 2 aromatic carbocycles. The number of para-hydroxylation sites is 1. The van der Waals surface area contributed by atoms with Crippen molar-refractivity contribution in [2.45, 2.75) is 32.0 Å². The third-order valence-corrected chi connectivity index (χ3v) is 4.16. The first-order valence-electron chi connectivity index (χ1n) is 8.67. The van der Waals surface area contributed by atoms with Crippen molar-refractivity contribution in [2.24, 2.45) is 0 Å². The molecule has 1 amide bonds. The first-order valence-corrected chi connectivity index (χ1v) is 8.67. The number of carbonyl (C=O) groups excluding carboxylic acids is 1. The van der Waals surface area contributed by atoms with Gasteiger partial charge in [0.1, 0.15) is 17.5 Å². The number of fused-ring (bicyclic) bond motifs is 1. The van der Waals surface area contributed by atoms with Crippen LogP contribution in [0.5, 0.6) is 5.75 Å². The number of carbonyl (C=O) groups is 1. The van der Waals surface area contributed by atoms with Crippen LogP contribution in [0.2, 0.25) is 0 Å². The Balaban J connectivity index is 1.66. The van der Waals surface area contributed by atoms with Crippen molar-refractivity contribution in [1.82, 2.24) is 4.90 Å². The second-order valence-electron chi connectivity index (χ2n) is 7.13. The maximum Gasteiger partial charge on any atom is 0.253 e. The number of likely N-dealkylation sites (N-methyl/N-ethyl adjacent to an activating group) is 1. The van der Waals surface area contributed by atoms with Gasteiger partial charge in [0, 0.05) is 24.6 Å². The predicted octanol–water partition coefficient (Wildman–Crippen LogP) is 2.88.